The summed E-state index contributed by atoms with van der Waals surface area (Å²) in [6, 6.07) is 13.4. The van der Waals surface area contributed by atoms with Crippen LogP contribution in [0.2, 0.25) is 10.0 Å². The number of amides is 1. The highest BCUT2D eigenvalue weighted by atomic mass is 35.5. The summed E-state index contributed by atoms with van der Waals surface area (Å²) in [5, 5.41) is 3.20. The van der Waals surface area contributed by atoms with Crippen molar-refractivity contribution >= 4 is 50.5 Å². The molecular formula is C21H15Cl2F3N2O4S. The van der Waals surface area contributed by atoms with Gasteiger partial charge in [-0.25, -0.2) is 8.42 Å². The van der Waals surface area contributed by atoms with Gasteiger partial charge >= 0.3 is 6.18 Å². The predicted octanol–water partition coefficient (Wildman–Crippen LogP) is 5.83. The van der Waals surface area contributed by atoms with Gasteiger partial charge in [0.25, 0.3) is 15.9 Å². The molecule has 0 aliphatic carbocycles. The molecule has 0 saturated heterocycles. The van der Waals surface area contributed by atoms with Crippen LogP contribution in [0.1, 0.15) is 5.56 Å². The zero-order valence-electron chi connectivity index (χ0n) is 16.5. The van der Waals surface area contributed by atoms with E-state index in [1.54, 1.807) is 6.07 Å². The summed E-state index contributed by atoms with van der Waals surface area (Å²) < 4.78 is 70.9. The van der Waals surface area contributed by atoms with Gasteiger partial charge < -0.3 is 10.1 Å². The molecule has 0 aliphatic rings. The molecule has 0 atom stereocenters. The molecule has 174 valence electrons. The first kappa shape index (κ1) is 24.7. The number of sulfonamides is 1. The second-order valence-electron chi connectivity index (χ2n) is 6.62. The minimum Gasteiger partial charge on any atom is -0.484 e. The highest BCUT2D eigenvalue weighted by Gasteiger charge is 2.30. The van der Waals surface area contributed by atoms with Crippen LogP contribution in [0.25, 0.3) is 0 Å². The summed E-state index contributed by atoms with van der Waals surface area (Å²) in [4.78, 5) is 11.8. The van der Waals surface area contributed by atoms with Crippen LogP contribution in [-0.4, -0.2) is 20.9 Å². The zero-order chi connectivity index (χ0) is 24.2. The number of hydrogen-bond acceptors (Lipinski definition) is 4. The fourth-order valence-electron chi connectivity index (χ4n) is 2.62. The van der Waals surface area contributed by atoms with Crippen LogP contribution in [-0.2, 0) is 21.0 Å². The van der Waals surface area contributed by atoms with E-state index in [0.717, 1.165) is 12.1 Å². The number of rotatable bonds is 7. The van der Waals surface area contributed by atoms with Crippen molar-refractivity contribution < 1.29 is 31.1 Å². The lowest BCUT2D eigenvalue weighted by molar-refractivity contribution is -0.137. The third kappa shape index (κ3) is 6.77. The molecule has 6 nitrogen and oxygen atoms in total. The second kappa shape index (κ2) is 9.90. The largest absolute Gasteiger partial charge is 0.484 e. The van der Waals surface area contributed by atoms with E-state index < -0.39 is 34.3 Å². The Hall–Kier alpha value is -2.95. The molecule has 0 radical (unpaired) electrons. The number of carbonyl (C=O) groups is 1. The van der Waals surface area contributed by atoms with E-state index in [1.807, 2.05) is 0 Å². The Morgan fingerprint density at radius 3 is 2.33 bits per heavy atom. The summed E-state index contributed by atoms with van der Waals surface area (Å²) in [6.07, 6.45) is -4.61. The fraction of sp³-hybridized carbons (Fsp3) is 0.0952. The van der Waals surface area contributed by atoms with Crippen molar-refractivity contribution in [2.45, 2.75) is 11.1 Å². The molecule has 0 spiro atoms. The van der Waals surface area contributed by atoms with Gasteiger partial charge in [0.05, 0.1) is 21.2 Å². The van der Waals surface area contributed by atoms with Gasteiger partial charge in [0.15, 0.2) is 6.61 Å². The molecule has 3 aromatic rings. The summed E-state index contributed by atoms with van der Waals surface area (Å²) in [6.45, 7) is -0.391. The summed E-state index contributed by atoms with van der Waals surface area (Å²) >= 11 is 11.8. The first-order valence-corrected chi connectivity index (χ1v) is 11.4. The Balaban J connectivity index is 1.62. The molecule has 0 saturated carbocycles. The van der Waals surface area contributed by atoms with Gasteiger partial charge in [-0.3, -0.25) is 9.52 Å². The number of alkyl halides is 3. The standard InChI is InChI=1S/C21H15Cl2F3N2O4S/c22-14-4-9-18(23)19(11-14)27-20(29)12-32-16-5-7-17(8-6-16)33(30,31)28-15-3-1-2-13(10-15)21(24,25)26/h1-11,28H,12H2,(H,27,29). The van der Waals surface area contributed by atoms with Crippen LogP contribution < -0.4 is 14.8 Å². The number of carbonyl (C=O) groups excluding carboxylic acids is 1. The molecule has 3 aromatic carbocycles. The van der Waals surface area contributed by atoms with Crippen molar-refractivity contribution in [3.05, 3.63) is 82.3 Å². The van der Waals surface area contributed by atoms with E-state index in [2.05, 4.69) is 10.0 Å². The lowest BCUT2D eigenvalue weighted by atomic mass is 10.2. The number of hydrogen-bond donors (Lipinski definition) is 2. The third-order valence-corrected chi connectivity index (χ3v) is 6.11. The van der Waals surface area contributed by atoms with Gasteiger partial charge in [0.1, 0.15) is 5.75 Å². The maximum absolute atomic E-state index is 12.8. The molecule has 0 bridgehead atoms. The molecule has 0 heterocycles. The van der Waals surface area contributed by atoms with E-state index in [-0.39, 0.29) is 21.4 Å². The molecule has 2 N–H and O–H groups in total. The van der Waals surface area contributed by atoms with Gasteiger partial charge in [-0.2, -0.15) is 13.2 Å². The molecule has 1 amide bonds. The Labute approximate surface area is 197 Å². The van der Waals surface area contributed by atoms with E-state index in [9.17, 15) is 26.4 Å². The van der Waals surface area contributed by atoms with E-state index in [1.165, 1.54) is 42.5 Å². The Morgan fingerprint density at radius 2 is 1.67 bits per heavy atom. The lowest BCUT2D eigenvalue weighted by Crippen LogP contribution is -2.20. The summed E-state index contributed by atoms with van der Waals surface area (Å²) in [5.74, 6) is -0.331. The number of nitrogens with one attached hydrogen (secondary N) is 2. The normalized spacial score (nSPS) is 11.7. The Kier molecular flexibility index (Phi) is 7.41. The molecule has 12 heteroatoms. The molecule has 3 rings (SSSR count). The van der Waals surface area contributed by atoms with Crippen LogP contribution >= 0.6 is 23.2 Å². The van der Waals surface area contributed by atoms with Crippen molar-refractivity contribution in [1.29, 1.82) is 0 Å². The van der Waals surface area contributed by atoms with Gasteiger partial charge in [0, 0.05) is 10.7 Å². The first-order chi connectivity index (χ1) is 15.4. The molecule has 0 fully saturated rings. The smallest absolute Gasteiger partial charge is 0.416 e. The minimum absolute atomic E-state index is 0.195. The minimum atomic E-state index is -4.61. The van der Waals surface area contributed by atoms with Gasteiger partial charge in [-0.05, 0) is 60.7 Å². The van der Waals surface area contributed by atoms with Crippen molar-refractivity contribution in [3.8, 4) is 5.75 Å². The maximum Gasteiger partial charge on any atom is 0.416 e. The van der Waals surface area contributed by atoms with Crippen molar-refractivity contribution in [2.75, 3.05) is 16.6 Å². The van der Waals surface area contributed by atoms with Crippen LogP contribution in [0.4, 0.5) is 24.5 Å². The average Bonchev–Trinajstić information content (AvgIpc) is 2.74. The van der Waals surface area contributed by atoms with Crippen molar-refractivity contribution in [1.82, 2.24) is 0 Å². The van der Waals surface area contributed by atoms with Crippen molar-refractivity contribution in [3.63, 3.8) is 0 Å². The van der Waals surface area contributed by atoms with Crippen LogP contribution in [0, 0.1) is 0 Å². The topological polar surface area (TPSA) is 84.5 Å². The molecule has 0 aliphatic heterocycles. The van der Waals surface area contributed by atoms with Crippen LogP contribution in [0.3, 0.4) is 0 Å². The van der Waals surface area contributed by atoms with Gasteiger partial charge in [-0.15, -0.1) is 0 Å². The average molecular weight is 519 g/mol. The van der Waals surface area contributed by atoms with Crippen LogP contribution in [0.5, 0.6) is 5.75 Å². The SMILES string of the molecule is O=C(COc1ccc(S(=O)(=O)Nc2cccc(C(F)(F)F)c2)cc1)Nc1cc(Cl)ccc1Cl. The molecule has 0 unspecified atom stereocenters. The number of benzene rings is 3. The first-order valence-electron chi connectivity index (χ1n) is 9.12. The second-order valence-corrected chi connectivity index (χ2v) is 9.14. The Bertz CT molecular complexity index is 1270. The van der Waals surface area contributed by atoms with E-state index in [0.29, 0.717) is 16.8 Å². The number of halogens is 5. The van der Waals surface area contributed by atoms with Gasteiger partial charge in [-0.1, -0.05) is 29.3 Å². The fourth-order valence-corrected chi connectivity index (χ4v) is 4.00. The molecule has 33 heavy (non-hydrogen) atoms. The maximum atomic E-state index is 12.8. The van der Waals surface area contributed by atoms with E-state index >= 15 is 0 Å². The highest BCUT2D eigenvalue weighted by molar-refractivity contribution is 7.92. The van der Waals surface area contributed by atoms with E-state index in [4.69, 9.17) is 27.9 Å². The predicted molar refractivity (Wildman–Crippen MR) is 119 cm³/mol. The highest BCUT2D eigenvalue weighted by Crippen LogP contribution is 2.31. The van der Waals surface area contributed by atoms with Crippen molar-refractivity contribution in [2.24, 2.45) is 0 Å². The molecule has 0 aromatic heterocycles. The number of anilines is 2. The van der Waals surface area contributed by atoms with Crippen LogP contribution in [0.15, 0.2) is 71.6 Å². The summed E-state index contributed by atoms with van der Waals surface area (Å²) in [5.41, 5.74) is -0.912. The number of ether oxygens (including phenoxy) is 1. The lowest BCUT2D eigenvalue weighted by Gasteiger charge is -2.12. The summed E-state index contributed by atoms with van der Waals surface area (Å²) in [7, 11) is -4.15. The van der Waals surface area contributed by atoms with Gasteiger partial charge in [0.2, 0.25) is 0 Å². The quantitative estimate of drug-likeness (QED) is 0.412. The Morgan fingerprint density at radius 1 is 0.970 bits per heavy atom. The monoisotopic (exact) mass is 518 g/mol. The zero-order valence-corrected chi connectivity index (χ0v) is 18.8. The molecular weight excluding hydrogens is 504 g/mol. The third-order valence-electron chi connectivity index (χ3n) is 4.15.